The monoisotopic (exact) mass is 435 g/mol. The summed E-state index contributed by atoms with van der Waals surface area (Å²) in [6.07, 6.45) is 8.95. The van der Waals surface area contributed by atoms with Crippen LogP contribution >= 0.6 is 11.3 Å². The quantitative estimate of drug-likeness (QED) is 0.475. The fraction of sp³-hybridized carbons (Fsp3) is 0.350. The van der Waals surface area contributed by atoms with Crippen molar-refractivity contribution >= 4 is 28.2 Å². The summed E-state index contributed by atoms with van der Waals surface area (Å²) in [5.74, 6) is 1.95. The minimum absolute atomic E-state index is 0.462. The van der Waals surface area contributed by atoms with E-state index < -0.39 is 0 Å². The number of anilines is 3. The van der Waals surface area contributed by atoms with Gasteiger partial charge in [-0.3, -0.25) is 15.1 Å². The standard InChI is InChI=1S/C20H21N9OS/c1-30-16-4-7-21-19(23-16)25-20-24-17-14-10-22-26-18(14)28(8-6-15(17)31-20)11-12-5-9-29(27-12)13-2-3-13/h4-5,7,9-10,13H,2-3,6,8,11H2,1H3,(H,22,26)(H,21,23,24,25). The lowest BCUT2D eigenvalue weighted by atomic mass is 10.2. The van der Waals surface area contributed by atoms with Crippen LogP contribution in [0.25, 0.3) is 11.3 Å². The van der Waals surface area contributed by atoms with E-state index >= 15 is 0 Å². The Balaban J connectivity index is 1.25. The molecule has 2 N–H and O–H groups in total. The predicted octanol–water partition coefficient (Wildman–Crippen LogP) is 3.17. The number of fused-ring (bicyclic) bond motifs is 3. The highest BCUT2D eigenvalue weighted by Crippen LogP contribution is 2.40. The zero-order valence-corrected chi connectivity index (χ0v) is 17.8. The summed E-state index contributed by atoms with van der Waals surface area (Å²) in [5.41, 5.74) is 3.03. The Bertz CT molecular complexity index is 1220. The molecular formula is C20H21N9OS. The van der Waals surface area contributed by atoms with E-state index in [0.717, 1.165) is 47.4 Å². The molecule has 1 saturated carbocycles. The lowest BCUT2D eigenvalue weighted by molar-refractivity contribution is 0.397. The van der Waals surface area contributed by atoms with E-state index in [0.29, 0.717) is 17.9 Å². The maximum Gasteiger partial charge on any atom is 0.232 e. The molecule has 2 aliphatic rings. The molecule has 0 spiro atoms. The van der Waals surface area contributed by atoms with Crippen molar-refractivity contribution in [2.75, 3.05) is 23.9 Å². The Morgan fingerprint density at radius 1 is 1.29 bits per heavy atom. The number of aromatic nitrogens is 7. The summed E-state index contributed by atoms with van der Waals surface area (Å²) in [6, 6.07) is 4.42. The number of hydrogen-bond donors (Lipinski definition) is 2. The van der Waals surface area contributed by atoms with Crippen molar-refractivity contribution in [3.8, 4) is 17.1 Å². The third kappa shape index (κ3) is 3.50. The number of hydrogen-bond acceptors (Lipinski definition) is 9. The number of aromatic amines is 1. The van der Waals surface area contributed by atoms with Crippen LogP contribution in [0.15, 0.2) is 30.7 Å². The van der Waals surface area contributed by atoms with Gasteiger partial charge in [-0.25, -0.2) is 9.97 Å². The molecular weight excluding hydrogens is 414 g/mol. The molecule has 11 heteroatoms. The van der Waals surface area contributed by atoms with Crippen molar-refractivity contribution in [1.29, 1.82) is 0 Å². The van der Waals surface area contributed by atoms with Crippen LogP contribution in [0.5, 0.6) is 5.88 Å². The molecule has 4 aromatic heterocycles. The third-order valence-electron chi connectivity index (χ3n) is 5.49. The second-order valence-electron chi connectivity index (χ2n) is 7.66. The third-order valence-corrected chi connectivity index (χ3v) is 6.52. The highest BCUT2D eigenvalue weighted by molar-refractivity contribution is 7.16. The van der Waals surface area contributed by atoms with Crippen molar-refractivity contribution in [2.45, 2.75) is 31.8 Å². The first-order valence-corrected chi connectivity index (χ1v) is 11.0. The Hall–Kier alpha value is -3.47. The first kappa shape index (κ1) is 18.3. The Morgan fingerprint density at radius 2 is 2.23 bits per heavy atom. The first-order valence-electron chi connectivity index (χ1n) is 10.2. The topological polar surface area (TPSA) is 110 Å². The lowest BCUT2D eigenvalue weighted by Gasteiger charge is -2.21. The normalized spacial score (nSPS) is 15.3. The molecule has 1 fully saturated rings. The summed E-state index contributed by atoms with van der Waals surface area (Å²) in [7, 11) is 1.58. The highest BCUT2D eigenvalue weighted by atomic mass is 32.1. The summed E-state index contributed by atoms with van der Waals surface area (Å²) in [5, 5.41) is 16.2. The molecule has 0 aromatic carbocycles. The molecule has 158 valence electrons. The van der Waals surface area contributed by atoms with E-state index in [-0.39, 0.29) is 0 Å². The SMILES string of the molecule is COc1ccnc(Nc2nc3c(s2)CCN(Cc2ccn(C4CC4)n2)c2[nH]ncc2-3)n1. The summed E-state index contributed by atoms with van der Waals surface area (Å²) >= 11 is 1.62. The maximum absolute atomic E-state index is 5.17. The molecule has 1 aliphatic heterocycles. The molecule has 0 radical (unpaired) electrons. The molecule has 4 aromatic rings. The highest BCUT2D eigenvalue weighted by Gasteiger charge is 2.27. The molecule has 0 bridgehead atoms. The number of nitrogens with one attached hydrogen (secondary N) is 2. The van der Waals surface area contributed by atoms with Gasteiger partial charge >= 0.3 is 0 Å². The van der Waals surface area contributed by atoms with Crippen molar-refractivity contribution in [3.63, 3.8) is 0 Å². The van der Waals surface area contributed by atoms with Gasteiger partial charge in [0.2, 0.25) is 11.8 Å². The summed E-state index contributed by atoms with van der Waals surface area (Å²) in [6.45, 7) is 1.60. The number of H-pyrrole nitrogens is 1. The van der Waals surface area contributed by atoms with Gasteiger partial charge in [0.25, 0.3) is 0 Å². The Labute approximate surface area is 182 Å². The van der Waals surface area contributed by atoms with Gasteiger partial charge in [0.05, 0.1) is 42.8 Å². The van der Waals surface area contributed by atoms with Crippen LogP contribution in [0.3, 0.4) is 0 Å². The minimum Gasteiger partial charge on any atom is -0.481 e. The second kappa shape index (κ2) is 7.34. The van der Waals surface area contributed by atoms with Crippen LogP contribution in [0, 0.1) is 0 Å². The number of thiazole rings is 1. The Morgan fingerprint density at radius 3 is 3.10 bits per heavy atom. The van der Waals surface area contributed by atoms with Crippen LogP contribution in [-0.2, 0) is 13.0 Å². The Kier molecular flexibility index (Phi) is 4.34. The van der Waals surface area contributed by atoms with Gasteiger partial charge in [-0.15, -0.1) is 11.3 Å². The van der Waals surface area contributed by atoms with Gasteiger partial charge < -0.3 is 9.64 Å². The number of ether oxygens (including phenoxy) is 1. The van der Waals surface area contributed by atoms with Crippen LogP contribution in [-0.4, -0.2) is 48.6 Å². The summed E-state index contributed by atoms with van der Waals surface area (Å²) < 4.78 is 7.27. The van der Waals surface area contributed by atoms with Crippen LogP contribution in [0.1, 0.15) is 29.5 Å². The van der Waals surface area contributed by atoms with Gasteiger partial charge in [0.1, 0.15) is 5.82 Å². The average molecular weight is 436 g/mol. The van der Waals surface area contributed by atoms with Gasteiger partial charge in [-0.1, -0.05) is 0 Å². The molecule has 0 saturated heterocycles. The molecule has 6 rings (SSSR count). The van der Waals surface area contributed by atoms with E-state index in [2.05, 4.69) is 47.3 Å². The molecule has 0 atom stereocenters. The lowest BCUT2D eigenvalue weighted by Crippen LogP contribution is -2.25. The van der Waals surface area contributed by atoms with Crippen LogP contribution in [0.4, 0.5) is 16.9 Å². The molecule has 10 nitrogen and oxygen atoms in total. The van der Waals surface area contributed by atoms with Crippen LogP contribution in [0.2, 0.25) is 0 Å². The van der Waals surface area contributed by atoms with Crippen molar-refractivity contribution < 1.29 is 4.74 Å². The summed E-state index contributed by atoms with van der Waals surface area (Å²) in [4.78, 5) is 16.9. The van der Waals surface area contributed by atoms with Crippen molar-refractivity contribution in [2.24, 2.45) is 0 Å². The molecule has 0 unspecified atom stereocenters. The maximum atomic E-state index is 5.17. The van der Waals surface area contributed by atoms with Gasteiger partial charge in [0, 0.05) is 36.3 Å². The fourth-order valence-electron chi connectivity index (χ4n) is 3.80. The van der Waals surface area contributed by atoms with Gasteiger partial charge in [-0.05, 0) is 18.9 Å². The molecule has 1 aliphatic carbocycles. The van der Waals surface area contributed by atoms with E-state index in [4.69, 9.17) is 14.8 Å². The molecule has 31 heavy (non-hydrogen) atoms. The molecule has 0 amide bonds. The van der Waals surface area contributed by atoms with Gasteiger partial charge in [0.15, 0.2) is 5.13 Å². The number of nitrogens with zero attached hydrogens (tertiary/aromatic N) is 7. The zero-order valence-electron chi connectivity index (χ0n) is 16.9. The van der Waals surface area contributed by atoms with E-state index in [9.17, 15) is 0 Å². The fourth-order valence-corrected chi connectivity index (χ4v) is 4.75. The zero-order chi connectivity index (χ0) is 20.8. The molecule has 5 heterocycles. The number of methoxy groups -OCH3 is 1. The van der Waals surface area contributed by atoms with Crippen LogP contribution < -0.4 is 15.0 Å². The largest absolute Gasteiger partial charge is 0.481 e. The van der Waals surface area contributed by atoms with Crippen molar-refractivity contribution in [3.05, 3.63) is 41.3 Å². The average Bonchev–Trinajstić information content (AvgIpc) is 3.20. The number of rotatable bonds is 6. The van der Waals surface area contributed by atoms with E-state index in [1.165, 1.54) is 17.7 Å². The first-order chi connectivity index (χ1) is 15.3. The van der Waals surface area contributed by atoms with E-state index in [1.807, 2.05) is 6.20 Å². The van der Waals surface area contributed by atoms with E-state index in [1.54, 1.807) is 30.7 Å². The smallest absolute Gasteiger partial charge is 0.232 e. The van der Waals surface area contributed by atoms with Crippen molar-refractivity contribution in [1.82, 2.24) is 34.9 Å². The minimum atomic E-state index is 0.462. The second-order valence-corrected chi connectivity index (χ2v) is 8.74. The van der Waals surface area contributed by atoms with Gasteiger partial charge in [-0.2, -0.15) is 15.2 Å². The predicted molar refractivity (Wildman–Crippen MR) is 117 cm³/mol.